The van der Waals surface area contributed by atoms with Gasteiger partial charge in [0.1, 0.15) is 0 Å². The lowest BCUT2D eigenvalue weighted by Crippen LogP contribution is -2.39. The molecule has 5 heteroatoms. The molecular weight excluding hydrogens is 340 g/mol. The summed E-state index contributed by atoms with van der Waals surface area (Å²) in [6.07, 6.45) is 6.28. The number of rotatable bonds is 9. The Morgan fingerprint density at radius 3 is 2.52 bits per heavy atom. The monoisotopic (exact) mass is 376 g/mol. The van der Waals surface area contributed by atoms with Crippen molar-refractivity contribution in [1.82, 2.24) is 0 Å². The minimum Gasteiger partial charge on any atom is -0.464 e. The smallest absolute Gasteiger partial charge is 0.335 e. The third-order valence-corrected chi connectivity index (χ3v) is 5.23. The van der Waals surface area contributed by atoms with Crippen molar-refractivity contribution < 1.29 is 14.3 Å². The fourth-order valence-electron chi connectivity index (χ4n) is 3.93. The van der Waals surface area contributed by atoms with Gasteiger partial charge in [0.15, 0.2) is 6.10 Å². The van der Waals surface area contributed by atoms with Crippen LogP contribution in [0.25, 0.3) is 0 Å². The zero-order chi connectivity index (χ0) is 19.8. The fraction of sp³-hybridized carbons (Fsp3) is 0.682. The standard InChI is InChI=1S/C22H36N2O3/c1-5-27-22(25)21(26-4)14-17-11-12-20(19(23)13-17)24(15-16(2)3)18-9-7-6-8-10-18/h11-13,16,18,21H,5-10,14-15,23H2,1-4H3. The van der Waals surface area contributed by atoms with Gasteiger partial charge in [-0.2, -0.15) is 0 Å². The van der Waals surface area contributed by atoms with Crippen molar-refractivity contribution in [3.8, 4) is 0 Å². The van der Waals surface area contributed by atoms with Gasteiger partial charge in [-0.05, 0) is 43.4 Å². The molecule has 1 atom stereocenters. The van der Waals surface area contributed by atoms with E-state index >= 15 is 0 Å². The zero-order valence-electron chi connectivity index (χ0n) is 17.4. The summed E-state index contributed by atoms with van der Waals surface area (Å²) in [5, 5.41) is 0. The quantitative estimate of drug-likeness (QED) is 0.517. The Balaban J connectivity index is 2.18. The molecule has 1 unspecified atom stereocenters. The molecule has 0 aliphatic heterocycles. The van der Waals surface area contributed by atoms with E-state index in [4.69, 9.17) is 15.2 Å². The van der Waals surface area contributed by atoms with Gasteiger partial charge in [-0.3, -0.25) is 0 Å². The minimum atomic E-state index is -0.597. The molecule has 2 rings (SSSR count). The molecule has 1 saturated carbocycles. The molecule has 0 spiro atoms. The first kappa shape index (κ1) is 21.5. The summed E-state index contributed by atoms with van der Waals surface area (Å²) >= 11 is 0. The Bertz CT molecular complexity index is 597. The van der Waals surface area contributed by atoms with Gasteiger partial charge in [0.2, 0.25) is 0 Å². The molecule has 1 aromatic carbocycles. The van der Waals surface area contributed by atoms with Gasteiger partial charge in [0.25, 0.3) is 0 Å². The number of nitrogen functional groups attached to an aromatic ring is 1. The third kappa shape index (κ3) is 6.13. The molecule has 0 radical (unpaired) electrons. The SMILES string of the molecule is CCOC(=O)C(Cc1ccc(N(CC(C)C)C2CCCCC2)c(N)c1)OC. The van der Waals surface area contributed by atoms with Crippen molar-refractivity contribution in [2.24, 2.45) is 5.92 Å². The Morgan fingerprint density at radius 1 is 1.26 bits per heavy atom. The van der Waals surface area contributed by atoms with Crippen LogP contribution in [-0.2, 0) is 20.7 Å². The van der Waals surface area contributed by atoms with Crippen LogP contribution in [0.3, 0.4) is 0 Å². The van der Waals surface area contributed by atoms with Crippen molar-refractivity contribution in [1.29, 1.82) is 0 Å². The predicted octanol–water partition coefficient (Wildman–Crippen LogP) is 4.18. The molecule has 1 fully saturated rings. The molecule has 1 aromatic rings. The van der Waals surface area contributed by atoms with E-state index in [0.29, 0.717) is 25.0 Å². The van der Waals surface area contributed by atoms with Crippen LogP contribution in [0.5, 0.6) is 0 Å². The molecule has 0 saturated heterocycles. The first-order valence-electron chi connectivity index (χ1n) is 10.3. The van der Waals surface area contributed by atoms with Crippen LogP contribution in [-0.4, -0.2) is 38.4 Å². The largest absolute Gasteiger partial charge is 0.464 e. The van der Waals surface area contributed by atoms with Crippen molar-refractivity contribution in [3.05, 3.63) is 23.8 Å². The molecule has 27 heavy (non-hydrogen) atoms. The van der Waals surface area contributed by atoms with E-state index in [2.05, 4.69) is 30.9 Å². The summed E-state index contributed by atoms with van der Waals surface area (Å²) in [5.74, 6) is 0.249. The van der Waals surface area contributed by atoms with Gasteiger partial charge < -0.3 is 20.1 Å². The second-order valence-electron chi connectivity index (χ2n) is 7.91. The summed E-state index contributed by atoms with van der Waals surface area (Å²) in [6, 6.07) is 6.73. The van der Waals surface area contributed by atoms with E-state index in [1.807, 2.05) is 6.07 Å². The summed E-state index contributed by atoms with van der Waals surface area (Å²) < 4.78 is 10.4. The number of anilines is 2. The predicted molar refractivity (Wildman–Crippen MR) is 111 cm³/mol. The van der Waals surface area contributed by atoms with Crippen LogP contribution < -0.4 is 10.6 Å². The molecule has 2 N–H and O–H groups in total. The van der Waals surface area contributed by atoms with Crippen LogP contribution >= 0.6 is 0 Å². The molecule has 0 amide bonds. The van der Waals surface area contributed by atoms with Crippen molar-refractivity contribution in [2.75, 3.05) is 30.9 Å². The molecule has 0 heterocycles. The average Bonchev–Trinajstić information content (AvgIpc) is 2.65. The molecular formula is C22H36N2O3. The molecule has 152 valence electrons. The van der Waals surface area contributed by atoms with Gasteiger partial charge in [-0.15, -0.1) is 0 Å². The second-order valence-corrected chi connectivity index (χ2v) is 7.91. The normalized spacial score (nSPS) is 16.3. The maximum Gasteiger partial charge on any atom is 0.335 e. The van der Waals surface area contributed by atoms with Crippen molar-refractivity contribution in [2.45, 2.75) is 71.4 Å². The number of hydrogen-bond donors (Lipinski definition) is 1. The highest BCUT2D eigenvalue weighted by molar-refractivity contribution is 5.75. The number of nitrogens with two attached hydrogens (primary N) is 1. The lowest BCUT2D eigenvalue weighted by atomic mass is 9.92. The van der Waals surface area contributed by atoms with Gasteiger partial charge in [-0.25, -0.2) is 4.79 Å². The average molecular weight is 377 g/mol. The van der Waals surface area contributed by atoms with E-state index in [-0.39, 0.29) is 5.97 Å². The number of carbonyl (C=O) groups excluding carboxylic acids is 1. The van der Waals surface area contributed by atoms with Gasteiger partial charge in [-0.1, -0.05) is 39.2 Å². The third-order valence-electron chi connectivity index (χ3n) is 5.23. The van der Waals surface area contributed by atoms with Crippen LogP contribution in [0.2, 0.25) is 0 Å². The molecule has 0 bridgehead atoms. The van der Waals surface area contributed by atoms with E-state index in [9.17, 15) is 4.79 Å². The Labute approximate surface area is 164 Å². The lowest BCUT2D eigenvalue weighted by Gasteiger charge is -2.38. The number of carbonyl (C=O) groups is 1. The number of hydrogen-bond acceptors (Lipinski definition) is 5. The summed E-state index contributed by atoms with van der Waals surface area (Å²) in [5.41, 5.74) is 9.34. The number of esters is 1. The molecule has 1 aliphatic rings. The van der Waals surface area contributed by atoms with Crippen LogP contribution in [0.1, 0.15) is 58.4 Å². The fourth-order valence-corrected chi connectivity index (χ4v) is 3.93. The first-order valence-corrected chi connectivity index (χ1v) is 10.3. The van der Waals surface area contributed by atoms with Crippen LogP contribution in [0.15, 0.2) is 18.2 Å². The van der Waals surface area contributed by atoms with Crippen molar-refractivity contribution in [3.63, 3.8) is 0 Å². The van der Waals surface area contributed by atoms with E-state index in [1.54, 1.807) is 6.92 Å². The molecule has 1 aliphatic carbocycles. The number of nitrogens with zero attached hydrogens (tertiary/aromatic N) is 1. The Hall–Kier alpha value is -1.75. The Morgan fingerprint density at radius 2 is 1.96 bits per heavy atom. The van der Waals surface area contributed by atoms with E-state index in [1.165, 1.54) is 39.2 Å². The van der Waals surface area contributed by atoms with Gasteiger partial charge in [0.05, 0.1) is 18.0 Å². The van der Waals surface area contributed by atoms with Crippen LogP contribution in [0, 0.1) is 5.92 Å². The minimum absolute atomic E-state index is 0.328. The maximum absolute atomic E-state index is 12.0. The first-order chi connectivity index (χ1) is 13.0. The highest BCUT2D eigenvalue weighted by Crippen LogP contribution is 2.32. The number of ether oxygens (including phenoxy) is 2. The molecule has 0 aromatic heterocycles. The maximum atomic E-state index is 12.0. The van der Waals surface area contributed by atoms with Crippen LogP contribution in [0.4, 0.5) is 11.4 Å². The lowest BCUT2D eigenvalue weighted by molar-refractivity contribution is -0.154. The van der Waals surface area contributed by atoms with Gasteiger partial charge >= 0.3 is 5.97 Å². The number of benzene rings is 1. The highest BCUT2D eigenvalue weighted by atomic mass is 16.6. The zero-order valence-corrected chi connectivity index (χ0v) is 17.4. The van der Waals surface area contributed by atoms with E-state index < -0.39 is 6.10 Å². The molecule has 5 nitrogen and oxygen atoms in total. The van der Waals surface area contributed by atoms with E-state index in [0.717, 1.165) is 23.5 Å². The second kappa shape index (κ2) is 10.5. The number of methoxy groups -OCH3 is 1. The van der Waals surface area contributed by atoms with Crippen molar-refractivity contribution >= 4 is 17.3 Å². The summed E-state index contributed by atoms with van der Waals surface area (Å²) in [6.45, 7) is 7.67. The topological polar surface area (TPSA) is 64.8 Å². The highest BCUT2D eigenvalue weighted by Gasteiger charge is 2.24. The Kier molecular flexibility index (Phi) is 8.42. The summed E-state index contributed by atoms with van der Waals surface area (Å²) in [4.78, 5) is 14.5. The summed E-state index contributed by atoms with van der Waals surface area (Å²) in [7, 11) is 1.53. The van der Waals surface area contributed by atoms with Gasteiger partial charge in [0, 0.05) is 26.1 Å².